The molecule has 0 unspecified atom stereocenters. The SMILES string of the molecule is CC(C)(C)c1ccc(C(C)(C)N)o1. The molecule has 0 fully saturated rings. The maximum atomic E-state index is 5.92. The first-order chi connectivity index (χ1) is 5.71. The number of rotatable bonds is 1. The van der Waals surface area contributed by atoms with Crippen LogP contribution in [0.3, 0.4) is 0 Å². The van der Waals surface area contributed by atoms with Crippen LogP contribution in [0.2, 0.25) is 0 Å². The maximum Gasteiger partial charge on any atom is 0.123 e. The van der Waals surface area contributed by atoms with E-state index in [1.165, 1.54) is 0 Å². The van der Waals surface area contributed by atoms with Crippen LogP contribution in [-0.4, -0.2) is 0 Å². The molecule has 2 nitrogen and oxygen atoms in total. The lowest BCUT2D eigenvalue weighted by Crippen LogP contribution is -2.27. The van der Waals surface area contributed by atoms with Gasteiger partial charge in [-0.3, -0.25) is 0 Å². The quantitative estimate of drug-likeness (QED) is 0.723. The molecule has 0 amide bonds. The van der Waals surface area contributed by atoms with Gasteiger partial charge in [-0.25, -0.2) is 0 Å². The van der Waals surface area contributed by atoms with E-state index in [4.69, 9.17) is 10.2 Å². The van der Waals surface area contributed by atoms with Gasteiger partial charge in [-0.15, -0.1) is 0 Å². The largest absolute Gasteiger partial charge is 0.464 e. The van der Waals surface area contributed by atoms with Gasteiger partial charge in [0.1, 0.15) is 11.5 Å². The third-order valence-electron chi connectivity index (χ3n) is 1.98. The first-order valence-corrected chi connectivity index (χ1v) is 4.61. The molecule has 0 radical (unpaired) electrons. The van der Waals surface area contributed by atoms with Crippen molar-refractivity contribution in [3.8, 4) is 0 Å². The summed E-state index contributed by atoms with van der Waals surface area (Å²) < 4.78 is 5.69. The second-order valence-corrected chi connectivity index (χ2v) is 5.14. The third kappa shape index (κ3) is 2.34. The molecule has 0 bridgehead atoms. The van der Waals surface area contributed by atoms with Gasteiger partial charge in [-0.05, 0) is 26.0 Å². The second-order valence-electron chi connectivity index (χ2n) is 5.14. The van der Waals surface area contributed by atoms with Crippen LogP contribution in [0.15, 0.2) is 16.5 Å². The molecule has 0 aliphatic heterocycles. The first-order valence-electron chi connectivity index (χ1n) is 4.61. The highest BCUT2D eigenvalue weighted by atomic mass is 16.3. The number of furan rings is 1. The Morgan fingerprint density at radius 1 is 1.00 bits per heavy atom. The van der Waals surface area contributed by atoms with E-state index in [0.717, 1.165) is 11.5 Å². The van der Waals surface area contributed by atoms with Crippen molar-refractivity contribution in [2.75, 3.05) is 0 Å². The van der Waals surface area contributed by atoms with Crippen LogP contribution in [0, 0.1) is 0 Å². The van der Waals surface area contributed by atoms with Gasteiger partial charge in [-0.1, -0.05) is 20.8 Å². The molecule has 13 heavy (non-hydrogen) atoms. The molecule has 2 N–H and O–H groups in total. The molecular weight excluding hydrogens is 162 g/mol. The Morgan fingerprint density at radius 2 is 1.46 bits per heavy atom. The maximum absolute atomic E-state index is 5.92. The average molecular weight is 181 g/mol. The minimum atomic E-state index is -0.385. The number of hydrogen-bond acceptors (Lipinski definition) is 2. The van der Waals surface area contributed by atoms with E-state index in [-0.39, 0.29) is 11.0 Å². The lowest BCUT2D eigenvalue weighted by atomic mass is 9.94. The fourth-order valence-corrected chi connectivity index (χ4v) is 1.09. The van der Waals surface area contributed by atoms with Crippen LogP contribution in [0.1, 0.15) is 46.1 Å². The monoisotopic (exact) mass is 181 g/mol. The van der Waals surface area contributed by atoms with Crippen molar-refractivity contribution in [1.29, 1.82) is 0 Å². The Kier molecular flexibility index (Phi) is 2.28. The van der Waals surface area contributed by atoms with E-state index in [1.807, 2.05) is 26.0 Å². The highest BCUT2D eigenvalue weighted by Gasteiger charge is 2.23. The Bertz CT molecular complexity index is 257. The summed E-state index contributed by atoms with van der Waals surface area (Å²) in [6, 6.07) is 3.96. The Labute approximate surface area is 80.1 Å². The zero-order valence-electron chi connectivity index (χ0n) is 9.14. The van der Waals surface area contributed by atoms with Crippen LogP contribution < -0.4 is 5.73 Å². The van der Waals surface area contributed by atoms with E-state index in [9.17, 15) is 0 Å². The van der Waals surface area contributed by atoms with E-state index in [1.54, 1.807) is 0 Å². The van der Waals surface area contributed by atoms with Crippen molar-refractivity contribution >= 4 is 0 Å². The van der Waals surface area contributed by atoms with Gasteiger partial charge in [-0.2, -0.15) is 0 Å². The fraction of sp³-hybridized carbons (Fsp3) is 0.636. The predicted octanol–water partition coefficient (Wildman–Crippen LogP) is 2.77. The molecule has 1 aromatic rings. The fourth-order valence-electron chi connectivity index (χ4n) is 1.09. The highest BCUT2D eigenvalue weighted by Crippen LogP contribution is 2.27. The summed E-state index contributed by atoms with van der Waals surface area (Å²) in [7, 11) is 0. The summed E-state index contributed by atoms with van der Waals surface area (Å²) in [5.41, 5.74) is 5.59. The standard InChI is InChI=1S/C11H19NO/c1-10(2,3)8-6-7-9(13-8)11(4,5)12/h6-7H,12H2,1-5H3. The van der Waals surface area contributed by atoms with Crippen molar-refractivity contribution in [3.05, 3.63) is 23.7 Å². The summed E-state index contributed by atoms with van der Waals surface area (Å²) >= 11 is 0. The number of hydrogen-bond donors (Lipinski definition) is 1. The Morgan fingerprint density at radius 3 is 1.69 bits per heavy atom. The van der Waals surface area contributed by atoms with Crippen molar-refractivity contribution < 1.29 is 4.42 Å². The molecule has 0 spiro atoms. The summed E-state index contributed by atoms with van der Waals surface area (Å²) in [5.74, 6) is 1.83. The lowest BCUT2D eigenvalue weighted by molar-refractivity contribution is 0.336. The predicted molar refractivity (Wildman–Crippen MR) is 54.6 cm³/mol. The summed E-state index contributed by atoms with van der Waals surface area (Å²) in [4.78, 5) is 0. The van der Waals surface area contributed by atoms with E-state index >= 15 is 0 Å². The Hall–Kier alpha value is -0.760. The lowest BCUT2D eigenvalue weighted by Gasteiger charge is -2.17. The van der Waals surface area contributed by atoms with E-state index in [0.29, 0.717) is 0 Å². The van der Waals surface area contributed by atoms with Crippen molar-refractivity contribution in [2.45, 2.75) is 45.6 Å². The van der Waals surface area contributed by atoms with Crippen LogP contribution in [0.25, 0.3) is 0 Å². The summed E-state index contributed by atoms with van der Waals surface area (Å²) in [6.07, 6.45) is 0. The molecule has 1 heterocycles. The molecule has 0 saturated carbocycles. The van der Waals surface area contributed by atoms with Crippen LogP contribution in [0.5, 0.6) is 0 Å². The van der Waals surface area contributed by atoms with Gasteiger partial charge in [0.2, 0.25) is 0 Å². The molecule has 0 aromatic carbocycles. The van der Waals surface area contributed by atoms with Crippen molar-refractivity contribution in [3.63, 3.8) is 0 Å². The normalized spacial score (nSPS) is 13.4. The van der Waals surface area contributed by atoms with Gasteiger partial charge < -0.3 is 10.2 Å². The molecule has 1 rings (SSSR count). The molecule has 0 aliphatic carbocycles. The van der Waals surface area contributed by atoms with Gasteiger partial charge in [0.15, 0.2) is 0 Å². The molecular formula is C11H19NO. The van der Waals surface area contributed by atoms with Crippen molar-refractivity contribution in [2.24, 2.45) is 5.73 Å². The molecule has 74 valence electrons. The minimum Gasteiger partial charge on any atom is -0.464 e. The van der Waals surface area contributed by atoms with Crippen LogP contribution >= 0.6 is 0 Å². The number of nitrogens with two attached hydrogens (primary N) is 1. The topological polar surface area (TPSA) is 39.2 Å². The highest BCUT2D eigenvalue weighted by molar-refractivity contribution is 5.18. The molecule has 0 atom stereocenters. The van der Waals surface area contributed by atoms with Gasteiger partial charge in [0.05, 0.1) is 5.54 Å². The van der Waals surface area contributed by atoms with Gasteiger partial charge in [0, 0.05) is 5.41 Å². The van der Waals surface area contributed by atoms with Crippen LogP contribution in [-0.2, 0) is 11.0 Å². The first kappa shape index (κ1) is 10.3. The van der Waals surface area contributed by atoms with Crippen molar-refractivity contribution in [1.82, 2.24) is 0 Å². The van der Waals surface area contributed by atoms with Gasteiger partial charge in [0.25, 0.3) is 0 Å². The van der Waals surface area contributed by atoms with Gasteiger partial charge >= 0.3 is 0 Å². The minimum absolute atomic E-state index is 0.0590. The molecule has 0 saturated heterocycles. The zero-order chi connectivity index (χ0) is 10.3. The average Bonchev–Trinajstić information content (AvgIpc) is 2.28. The Balaban J connectivity index is 3.01. The van der Waals surface area contributed by atoms with E-state index < -0.39 is 0 Å². The van der Waals surface area contributed by atoms with Crippen LogP contribution in [0.4, 0.5) is 0 Å². The molecule has 0 aliphatic rings. The third-order valence-corrected chi connectivity index (χ3v) is 1.98. The summed E-state index contributed by atoms with van der Waals surface area (Å²) in [6.45, 7) is 10.3. The smallest absolute Gasteiger partial charge is 0.123 e. The second kappa shape index (κ2) is 2.88. The zero-order valence-corrected chi connectivity index (χ0v) is 9.14. The van der Waals surface area contributed by atoms with E-state index in [2.05, 4.69) is 20.8 Å². The molecule has 2 heteroatoms. The summed E-state index contributed by atoms with van der Waals surface area (Å²) in [5, 5.41) is 0. The molecule has 1 aromatic heterocycles.